The number of rotatable bonds is 2. The normalized spacial score (nSPS) is 22.9. The summed E-state index contributed by atoms with van der Waals surface area (Å²) in [6, 6.07) is 7.31. The van der Waals surface area contributed by atoms with Gasteiger partial charge in [0.2, 0.25) is 0 Å². The molecule has 1 unspecified atom stereocenters. The van der Waals surface area contributed by atoms with E-state index in [4.69, 9.17) is 0 Å². The van der Waals surface area contributed by atoms with Crippen LogP contribution in [0.2, 0.25) is 0 Å². The highest BCUT2D eigenvalue weighted by atomic mass is 16.4. The number of benzene rings is 1. The van der Waals surface area contributed by atoms with E-state index in [2.05, 4.69) is 15.6 Å². The summed E-state index contributed by atoms with van der Waals surface area (Å²) >= 11 is 0. The van der Waals surface area contributed by atoms with E-state index < -0.39 is 10.7 Å². The first-order valence-corrected chi connectivity index (χ1v) is 6.14. The lowest BCUT2D eigenvalue weighted by Crippen LogP contribution is -2.50. The highest BCUT2D eigenvalue weighted by Gasteiger charge is 2.46. The first kappa shape index (κ1) is 12.3. The highest BCUT2D eigenvalue weighted by molar-refractivity contribution is 6.05. The van der Waals surface area contributed by atoms with Crippen LogP contribution in [0.4, 0.5) is 10.5 Å². The van der Waals surface area contributed by atoms with Crippen molar-refractivity contribution in [2.75, 3.05) is 6.54 Å². The van der Waals surface area contributed by atoms with E-state index in [1.807, 2.05) is 24.3 Å². The molecule has 2 aliphatic rings. The average Bonchev–Trinajstić information content (AvgIpc) is 2.64. The van der Waals surface area contributed by atoms with Crippen molar-refractivity contribution in [2.24, 2.45) is 10.2 Å². The Morgan fingerprint density at radius 3 is 3.00 bits per heavy atom. The SMILES string of the molecule is O=C(O)[N+]1(CC2=NNC=CC=C2)N=Cc2ccccc21. The lowest BCUT2D eigenvalue weighted by Gasteiger charge is -2.22. The highest BCUT2D eigenvalue weighted by Crippen LogP contribution is 2.32. The number of hydrazone groups is 1. The minimum Gasteiger partial charge on any atom is -0.433 e. The molecule has 0 spiro atoms. The molecule has 1 aromatic carbocycles. The molecule has 0 fully saturated rings. The Kier molecular flexibility index (Phi) is 2.92. The van der Waals surface area contributed by atoms with Gasteiger partial charge in [-0.1, -0.05) is 27.9 Å². The van der Waals surface area contributed by atoms with Crippen molar-refractivity contribution in [3.63, 3.8) is 0 Å². The van der Waals surface area contributed by atoms with E-state index in [-0.39, 0.29) is 6.54 Å². The van der Waals surface area contributed by atoms with Crippen LogP contribution in [0.15, 0.2) is 58.9 Å². The summed E-state index contributed by atoms with van der Waals surface area (Å²) in [4.78, 5) is 11.8. The molecule has 100 valence electrons. The molecule has 3 rings (SSSR count). The van der Waals surface area contributed by atoms with Crippen LogP contribution in [-0.4, -0.2) is 29.7 Å². The summed E-state index contributed by atoms with van der Waals surface area (Å²) < 4.78 is -0.513. The second-order valence-electron chi connectivity index (χ2n) is 4.46. The smallest absolute Gasteiger partial charge is 0.433 e. The molecular weight excluding hydrogens is 256 g/mol. The molecule has 6 nitrogen and oxygen atoms in total. The standard InChI is InChI=1S/C14H12N4O2/c19-14(20)18(10-12-6-3-4-8-15-17-12)13-7-2-1-5-11(13)9-16-18/h1-9H,10H2,(H-,15,17,19,20)/p+1. The maximum atomic E-state index is 11.8. The van der Waals surface area contributed by atoms with Crippen LogP contribution >= 0.6 is 0 Å². The van der Waals surface area contributed by atoms with E-state index >= 15 is 0 Å². The number of allylic oxidation sites excluding steroid dienone is 2. The fraction of sp³-hybridized carbons (Fsp3) is 0.0714. The summed E-state index contributed by atoms with van der Waals surface area (Å²) in [5.41, 5.74) is 4.82. The third kappa shape index (κ3) is 1.92. The zero-order chi connectivity index (χ0) is 14.0. The van der Waals surface area contributed by atoms with Gasteiger partial charge in [-0.15, -0.1) is 0 Å². The maximum Gasteiger partial charge on any atom is 0.546 e. The predicted octanol–water partition coefficient (Wildman–Crippen LogP) is 2.05. The number of quaternary nitrogens is 1. The molecule has 2 N–H and O–H groups in total. The number of carboxylic acid groups (broad SMARTS) is 1. The van der Waals surface area contributed by atoms with Gasteiger partial charge in [0, 0.05) is 12.3 Å². The van der Waals surface area contributed by atoms with Crippen molar-refractivity contribution in [1.29, 1.82) is 0 Å². The zero-order valence-electron chi connectivity index (χ0n) is 10.6. The van der Waals surface area contributed by atoms with Crippen molar-refractivity contribution in [1.82, 2.24) is 10.0 Å². The van der Waals surface area contributed by atoms with Crippen LogP contribution < -0.4 is 10.0 Å². The monoisotopic (exact) mass is 269 g/mol. The molecule has 0 radical (unpaired) electrons. The number of fused-ring (bicyclic) bond motifs is 1. The molecule has 0 aliphatic carbocycles. The van der Waals surface area contributed by atoms with Gasteiger partial charge in [-0.05, 0) is 18.2 Å². The molecule has 1 atom stereocenters. The third-order valence-corrected chi connectivity index (χ3v) is 3.22. The number of hydrogen-bond acceptors (Lipinski definition) is 4. The quantitative estimate of drug-likeness (QED) is 0.807. The van der Waals surface area contributed by atoms with Crippen molar-refractivity contribution in [3.05, 3.63) is 54.3 Å². The number of nitrogens with one attached hydrogen (secondary N) is 1. The van der Waals surface area contributed by atoms with Crippen LogP contribution in [0.5, 0.6) is 0 Å². The lowest BCUT2D eigenvalue weighted by molar-refractivity contribution is 0.155. The Hall–Kier alpha value is -2.73. The predicted molar refractivity (Wildman–Crippen MR) is 77.6 cm³/mol. The van der Waals surface area contributed by atoms with Gasteiger partial charge in [-0.2, -0.15) is 9.90 Å². The first-order valence-electron chi connectivity index (χ1n) is 6.14. The van der Waals surface area contributed by atoms with E-state index in [0.717, 1.165) is 5.56 Å². The number of amides is 1. The minimum atomic E-state index is -1.03. The van der Waals surface area contributed by atoms with Crippen molar-refractivity contribution < 1.29 is 9.90 Å². The molecule has 2 aliphatic heterocycles. The van der Waals surface area contributed by atoms with E-state index in [9.17, 15) is 9.90 Å². The molecule has 0 bridgehead atoms. The van der Waals surface area contributed by atoms with E-state index in [1.165, 1.54) is 0 Å². The molecule has 1 amide bonds. The van der Waals surface area contributed by atoms with E-state index in [1.54, 1.807) is 30.6 Å². The summed E-state index contributed by atoms with van der Waals surface area (Å²) in [7, 11) is 0. The summed E-state index contributed by atoms with van der Waals surface area (Å²) in [5, 5.41) is 18.0. The Bertz CT molecular complexity index is 676. The van der Waals surface area contributed by atoms with Gasteiger partial charge in [0.05, 0.1) is 11.8 Å². The largest absolute Gasteiger partial charge is 0.546 e. The number of para-hydroxylation sites is 1. The van der Waals surface area contributed by atoms with Gasteiger partial charge >= 0.3 is 6.09 Å². The Labute approximate surface area is 115 Å². The molecular formula is C14H13N4O2+. The fourth-order valence-corrected chi connectivity index (χ4v) is 2.25. The summed E-state index contributed by atoms with van der Waals surface area (Å²) in [5.74, 6) is 0. The van der Waals surface area contributed by atoms with Crippen molar-refractivity contribution in [2.45, 2.75) is 0 Å². The molecule has 0 aromatic heterocycles. The molecule has 0 saturated heterocycles. The van der Waals surface area contributed by atoms with Crippen LogP contribution in [0.3, 0.4) is 0 Å². The molecule has 20 heavy (non-hydrogen) atoms. The molecule has 6 heteroatoms. The molecule has 2 heterocycles. The van der Waals surface area contributed by atoms with Crippen LogP contribution in [-0.2, 0) is 0 Å². The van der Waals surface area contributed by atoms with Gasteiger partial charge in [0.1, 0.15) is 5.71 Å². The number of carbonyl (C=O) groups is 1. The van der Waals surface area contributed by atoms with Crippen molar-refractivity contribution >= 4 is 23.7 Å². The van der Waals surface area contributed by atoms with Gasteiger partial charge in [0.25, 0.3) is 0 Å². The lowest BCUT2D eigenvalue weighted by atomic mass is 10.1. The van der Waals surface area contributed by atoms with Crippen LogP contribution in [0.1, 0.15) is 5.56 Å². The number of nitrogens with zero attached hydrogens (tertiary/aromatic N) is 3. The van der Waals surface area contributed by atoms with Gasteiger partial charge in [-0.3, -0.25) is 5.43 Å². The zero-order valence-corrected chi connectivity index (χ0v) is 10.6. The fourth-order valence-electron chi connectivity index (χ4n) is 2.25. The number of hydrogen-bond donors (Lipinski definition) is 2. The maximum absolute atomic E-state index is 11.8. The van der Waals surface area contributed by atoms with Crippen molar-refractivity contribution in [3.8, 4) is 0 Å². The summed E-state index contributed by atoms with van der Waals surface area (Å²) in [6.45, 7) is 0.147. The molecule has 0 saturated carbocycles. The summed E-state index contributed by atoms with van der Waals surface area (Å²) in [6.07, 6.45) is 7.62. The van der Waals surface area contributed by atoms with Gasteiger partial charge in [-0.25, -0.2) is 0 Å². The Balaban J connectivity index is 2.01. The van der Waals surface area contributed by atoms with Gasteiger partial charge in [0.15, 0.2) is 12.2 Å². The topological polar surface area (TPSA) is 74.0 Å². The molecule has 1 aromatic rings. The second kappa shape index (κ2) is 4.75. The van der Waals surface area contributed by atoms with Gasteiger partial charge < -0.3 is 5.11 Å². The third-order valence-electron chi connectivity index (χ3n) is 3.22. The Morgan fingerprint density at radius 1 is 1.30 bits per heavy atom. The average molecular weight is 269 g/mol. The van der Waals surface area contributed by atoms with Crippen LogP contribution in [0.25, 0.3) is 0 Å². The first-order chi connectivity index (χ1) is 9.72. The minimum absolute atomic E-state index is 0.147. The second-order valence-corrected chi connectivity index (χ2v) is 4.46. The van der Waals surface area contributed by atoms with E-state index in [0.29, 0.717) is 11.4 Å². The Morgan fingerprint density at radius 2 is 2.15 bits per heavy atom. The van der Waals surface area contributed by atoms with Crippen LogP contribution in [0, 0.1) is 0 Å².